The van der Waals surface area contributed by atoms with E-state index in [1.165, 1.54) is 0 Å². The first-order valence-corrected chi connectivity index (χ1v) is 7.26. The van der Waals surface area contributed by atoms with Crippen LogP contribution in [0.5, 0.6) is 0 Å². The molecule has 0 spiro atoms. The van der Waals surface area contributed by atoms with Gasteiger partial charge in [-0.2, -0.15) is 0 Å². The normalized spacial score (nSPS) is 33.5. The molecule has 1 N–H and O–H groups in total. The lowest BCUT2D eigenvalue weighted by Gasteiger charge is -2.32. The van der Waals surface area contributed by atoms with Crippen LogP contribution in [0.3, 0.4) is 0 Å². The van der Waals surface area contributed by atoms with E-state index in [9.17, 15) is 8.78 Å². The van der Waals surface area contributed by atoms with Crippen molar-refractivity contribution in [2.75, 3.05) is 13.7 Å². The lowest BCUT2D eigenvalue weighted by molar-refractivity contribution is -0.0553. The van der Waals surface area contributed by atoms with Gasteiger partial charge in [-0.25, -0.2) is 8.78 Å². The number of nitrogens with one attached hydrogen (secondary N) is 1. The SMILES string of the molecule is CNC(CC1CCCC(F)(F)C1)CC1CCCO1. The zero-order chi connectivity index (χ0) is 13.0. The van der Waals surface area contributed by atoms with Gasteiger partial charge in [0, 0.05) is 25.5 Å². The van der Waals surface area contributed by atoms with Crippen molar-refractivity contribution in [2.45, 2.75) is 69.4 Å². The molecule has 3 unspecified atom stereocenters. The standard InChI is InChI=1S/C14H25F2NO/c1-17-12(9-13-5-3-7-18-13)8-11-4-2-6-14(15,16)10-11/h11-13,17H,2-10H2,1H3. The van der Waals surface area contributed by atoms with Gasteiger partial charge >= 0.3 is 0 Å². The van der Waals surface area contributed by atoms with Gasteiger partial charge in [-0.15, -0.1) is 0 Å². The Balaban J connectivity index is 1.78. The molecule has 2 nitrogen and oxygen atoms in total. The minimum absolute atomic E-state index is 0.0801. The Morgan fingerprint density at radius 1 is 1.28 bits per heavy atom. The second kappa shape index (κ2) is 6.29. The van der Waals surface area contributed by atoms with Crippen molar-refractivity contribution in [3.05, 3.63) is 0 Å². The third-order valence-electron chi connectivity index (χ3n) is 4.34. The number of halogens is 2. The molecule has 0 aromatic carbocycles. The topological polar surface area (TPSA) is 21.3 Å². The van der Waals surface area contributed by atoms with Gasteiger partial charge < -0.3 is 10.1 Å². The summed E-state index contributed by atoms with van der Waals surface area (Å²) in [5.74, 6) is -2.25. The fourth-order valence-corrected chi connectivity index (χ4v) is 3.36. The van der Waals surface area contributed by atoms with Crippen molar-refractivity contribution >= 4 is 0 Å². The highest BCUT2D eigenvalue weighted by atomic mass is 19.3. The molecule has 1 aliphatic heterocycles. The van der Waals surface area contributed by atoms with Crippen molar-refractivity contribution in [1.29, 1.82) is 0 Å². The molecule has 106 valence electrons. The van der Waals surface area contributed by atoms with Crippen molar-refractivity contribution in [3.63, 3.8) is 0 Å². The molecule has 0 bridgehead atoms. The quantitative estimate of drug-likeness (QED) is 0.819. The van der Waals surface area contributed by atoms with Gasteiger partial charge in [0.05, 0.1) is 6.10 Å². The molecule has 2 rings (SSSR count). The van der Waals surface area contributed by atoms with Crippen LogP contribution in [0, 0.1) is 5.92 Å². The monoisotopic (exact) mass is 261 g/mol. The number of rotatable bonds is 5. The molecular formula is C14H25F2NO. The molecule has 1 heterocycles. The molecule has 1 aliphatic carbocycles. The van der Waals surface area contributed by atoms with Crippen molar-refractivity contribution in [2.24, 2.45) is 5.92 Å². The van der Waals surface area contributed by atoms with Crippen LogP contribution in [-0.4, -0.2) is 31.7 Å². The lowest BCUT2D eigenvalue weighted by atomic mass is 9.81. The predicted octanol–water partition coefficient (Wildman–Crippen LogP) is 3.36. The number of ether oxygens (including phenoxy) is 1. The summed E-state index contributed by atoms with van der Waals surface area (Å²) in [7, 11) is 1.93. The van der Waals surface area contributed by atoms with E-state index < -0.39 is 5.92 Å². The molecule has 1 saturated carbocycles. The van der Waals surface area contributed by atoms with Crippen LogP contribution in [0.1, 0.15) is 51.4 Å². The summed E-state index contributed by atoms with van der Waals surface area (Å²) in [6.07, 6.45) is 6.24. The van der Waals surface area contributed by atoms with Crippen molar-refractivity contribution < 1.29 is 13.5 Å². The Kier molecular flexibility index (Phi) is 4.96. The first-order valence-electron chi connectivity index (χ1n) is 7.26. The second-order valence-electron chi connectivity index (χ2n) is 5.91. The minimum atomic E-state index is -2.43. The molecule has 18 heavy (non-hydrogen) atoms. The van der Waals surface area contributed by atoms with Gasteiger partial charge in [-0.3, -0.25) is 0 Å². The molecule has 0 aromatic rings. The van der Waals surface area contributed by atoms with E-state index in [0.29, 0.717) is 18.6 Å². The number of hydrogen-bond acceptors (Lipinski definition) is 2. The van der Waals surface area contributed by atoms with Gasteiger partial charge in [0.2, 0.25) is 5.92 Å². The van der Waals surface area contributed by atoms with E-state index in [1.54, 1.807) is 0 Å². The molecule has 0 radical (unpaired) electrons. The van der Waals surface area contributed by atoms with Crippen LogP contribution >= 0.6 is 0 Å². The predicted molar refractivity (Wildman–Crippen MR) is 68.0 cm³/mol. The van der Waals surface area contributed by atoms with Gasteiger partial charge in [0.25, 0.3) is 0 Å². The summed E-state index contributed by atoms with van der Waals surface area (Å²) in [6.45, 7) is 0.864. The molecule has 2 aliphatic rings. The van der Waals surface area contributed by atoms with Crippen LogP contribution in [-0.2, 0) is 4.74 Å². The fraction of sp³-hybridized carbons (Fsp3) is 1.00. The Bertz CT molecular complexity index is 254. The average molecular weight is 261 g/mol. The zero-order valence-corrected chi connectivity index (χ0v) is 11.3. The number of alkyl halides is 2. The Morgan fingerprint density at radius 2 is 2.11 bits per heavy atom. The van der Waals surface area contributed by atoms with Crippen molar-refractivity contribution in [3.8, 4) is 0 Å². The van der Waals surface area contributed by atoms with E-state index in [2.05, 4.69) is 5.32 Å². The first-order chi connectivity index (χ1) is 8.59. The zero-order valence-electron chi connectivity index (χ0n) is 11.3. The Hall–Kier alpha value is -0.220. The Labute approximate surface area is 108 Å². The van der Waals surface area contributed by atoms with E-state index >= 15 is 0 Å². The molecule has 1 saturated heterocycles. The third kappa shape index (κ3) is 4.16. The fourth-order valence-electron chi connectivity index (χ4n) is 3.36. The maximum Gasteiger partial charge on any atom is 0.248 e. The molecule has 0 amide bonds. The minimum Gasteiger partial charge on any atom is -0.378 e. The summed E-state index contributed by atoms with van der Waals surface area (Å²) in [4.78, 5) is 0. The summed E-state index contributed by atoms with van der Waals surface area (Å²) >= 11 is 0. The highest BCUT2D eigenvalue weighted by molar-refractivity contribution is 4.83. The lowest BCUT2D eigenvalue weighted by Crippen LogP contribution is -2.35. The first kappa shape index (κ1) is 14.2. The molecular weight excluding hydrogens is 236 g/mol. The van der Waals surface area contributed by atoms with E-state index in [0.717, 1.165) is 38.7 Å². The van der Waals surface area contributed by atoms with Gasteiger partial charge in [-0.05, 0) is 51.5 Å². The Morgan fingerprint density at radius 3 is 2.72 bits per heavy atom. The summed E-state index contributed by atoms with van der Waals surface area (Å²) < 4.78 is 32.4. The van der Waals surface area contributed by atoms with Crippen LogP contribution in [0.25, 0.3) is 0 Å². The summed E-state index contributed by atoms with van der Waals surface area (Å²) in [5.41, 5.74) is 0. The number of hydrogen-bond donors (Lipinski definition) is 1. The van der Waals surface area contributed by atoms with Gasteiger partial charge in [0.15, 0.2) is 0 Å². The maximum atomic E-state index is 13.4. The summed E-state index contributed by atoms with van der Waals surface area (Å²) in [5, 5.41) is 3.28. The van der Waals surface area contributed by atoms with Gasteiger partial charge in [0.1, 0.15) is 0 Å². The van der Waals surface area contributed by atoms with E-state index in [1.807, 2.05) is 7.05 Å². The van der Waals surface area contributed by atoms with E-state index in [4.69, 9.17) is 4.74 Å². The summed E-state index contributed by atoms with van der Waals surface area (Å²) in [6, 6.07) is 0.326. The average Bonchev–Trinajstić information content (AvgIpc) is 2.79. The van der Waals surface area contributed by atoms with Gasteiger partial charge in [-0.1, -0.05) is 0 Å². The third-order valence-corrected chi connectivity index (χ3v) is 4.34. The molecule has 2 fully saturated rings. The highest BCUT2D eigenvalue weighted by Crippen LogP contribution is 2.39. The molecule has 3 atom stereocenters. The van der Waals surface area contributed by atoms with Crippen LogP contribution in [0.2, 0.25) is 0 Å². The van der Waals surface area contributed by atoms with Crippen molar-refractivity contribution in [1.82, 2.24) is 5.32 Å². The van der Waals surface area contributed by atoms with Crippen LogP contribution in [0.15, 0.2) is 0 Å². The largest absolute Gasteiger partial charge is 0.378 e. The molecule has 4 heteroatoms. The molecule has 0 aromatic heterocycles. The van der Waals surface area contributed by atoms with Crippen LogP contribution < -0.4 is 5.32 Å². The van der Waals surface area contributed by atoms with E-state index in [-0.39, 0.29) is 18.8 Å². The highest BCUT2D eigenvalue weighted by Gasteiger charge is 2.37. The smallest absolute Gasteiger partial charge is 0.248 e. The maximum absolute atomic E-state index is 13.4. The van der Waals surface area contributed by atoms with Crippen LogP contribution in [0.4, 0.5) is 8.78 Å². The second-order valence-corrected chi connectivity index (χ2v) is 5.91.